The van der Waals surface area contributed by atoms with Crippen molar-refractivity contribution in [3.05, 3.63) is 43.0 Å². The predicted molar refractivity (Wildman–Crippen MR) is 79.1 cm³/mol. The Bertz CT molecular complexity index is 614. The summed E-state index contributed by atoms with van der Waals surface area (Å²) in [6.07, 6.45) is 0.493. The highest BCUT2D eigenvalue weighted by Gasteiger charge is 2.51. The van der Waals surface area contributed by atoms with Crippen molar-refractivity contribution in [2.75, 3.05) is 13.2 Å². The average molecular weight is 319 g/mol. The van der Waals surface area contributed by atoms with Crippen LogP contribution in [0.4, 0.5) is 4.79 Å². The van der Waals surface area contributed by atoms with E-state index in [0.717, 1.165) is 0 Å². The number of hydrogen-bond donors (Lipinski definition) is 0. The molecule has 1 aliphatic rings. The van der Waals surface area contributed by atoms with E-state index in [0.29, 0.717) is 5.06 Å². The molecule has 7 nitrogen and oxygen atoms in total. The quantitative estimate of drug-likeness (QED) is 0.480. The molecule has 0 spiro atoms. The SMILES string of the molecule is C=CCOC(=O)C1(C)CCON(C(=O)Oc2ccccc2)C1=O. The minimum atomic E-state index is -1.50. The first-order valence-corrected chi connectivity index (χ1v) is 7.01. The average Bonchev–Trinajstić information content (AvgIpc) is 2.56. The van der Waals surface area contributed by atoms with E-state index >= 15 is 0 Å². The second kappa shape index (κ2) is 7.06. The van der Waals surface area contributed by atoms with Crippen molar-refractivity contribution in [3.8, 4) is 5.75 Å². The van der Waals surface area contributed by atoms with Gasteiger partial charge >= 0.3 is 12.1 Å². The van der Waals surface area contributed by atoms with Gasteiger partial charge in [-0.1, -0.05) is 30.9 Å². The molecule has 0 bridgehead atoms. The van der Waals surface area contributed by atoms with Gasteiger partial charge in [-0.05, 0) is 25.5 Å². The summed E-state index contributed by atoms with van der Waals surface area (Å²) in [5, 5.41) is 0.464. The minimum Gasteiger partial charge on any atom is -0.461 e. The maximum absolute atomic E-state index is 12.5. The van der Waals surface area contributed by atoms with Gasteiger partial charge < -0.3 is 9.47 Å². The summed E-state index contributed by atoms with van der Waals surface area (Å²) in [7, 11) is 0. The van der Waals surface area contributed by atoms with Gasteiger partial charge in [-0.3, -0.25) is 14.4 Å². The Morgan fingerprint density at radius 1 is 1.39 bits per heavy atom. The zero-order valence-electron chi connectivity index (χ0n) is 12.7. The van der Waals surface area contributed by atoms with Crippen LogP contribution in [0.15, 0.2) is 43.0 Å². The molecule has 1 fully saturated rings. The number of benzene rings is 1. The number of para-hydroxylation sites is 1. The summed E-state index contributed by atoms with van der Waals surface area (Å²) in [5.41, 5.74) is -1.50. The summed E-state index contributed by atoms with van der Waals surface area (Å²) < 4.78 is 9.99. The molecular weight excluding hydrogens is 302 g/mol. The largest absolute Gasteiger partial charge is 0.461 e. The van der Waals surface area contributed by atoms with Crippen LogP contribution < -0.4 is 4.74 Å². The number of carbonyl (C=O) groups is 3. The predicted octanol–water partition coefficient (Wildman–Crippen LogP) is 2.08. The molecule has 0 radical (unpaired) electrons. The highest BCUT2D eigenvalue weighted by atomic mass is 16.7. The molecule has 0 saturated carbocycles. The van der Waals surface area contributed by atoms with Crippen LogP contribution in [0.3, 0.4) is 0 Å². The third-order valence-corrected chi connectivity index (χ3v) is 3.38. The molecule has 1 unspecified atom stereocenters. The van der Waals surface area contributed by atoms with Crippen molar-refractivity contribution in [2.24, 2.45) is 5.41 Å². The molecule has 0 aliphatic carbocycles. The first-order chi connectivity index (χ1) is 11.0. The van der Waals surface area contributed by atoms with Gasteiger partial charge in [0.15, 0.2) is 0 Å². The molecule has 1 atom stereocenters. The molecule has 1 saturated heterocycles. The number of nitrogens with zero attached hydrogens (tertiary/aromatic N) is 1. The lowest BCUT2D eigenvalue weighted by Gasteiger charge is -2.34. The van der Waals surface area contributed by atoms with E-state index in [9.17, 15) is 14.4 Å². The monoisotopic (exact) mass is 319 g/mol. The van der Waals surface area contributed by atoms with Crippen LogP contribution >= 0.6 is 0 Å². The van der Waals surface area contributed by atoms with Crippen LogP contribution in [-0.4, -0.2) is 36.2 Å². The van der Waals surface area contributed by atoms with Gasteiger partial charge in [-0.25, -0.2) is 4.79 Å². The summed E-state index contributed by atoms with van der Waals surface area (Å²) in [6, 6.07) is 8.23. The molecule has 1 heterocycles. The summed E-state index contributed by atoms with van der Waals surface area (Å²) >= 11 is 0. The van der Waals surface area contributed by atoms with Crippen molar-refractivity contribution >= 4 is 18.0 Å². The Labute approximate surface area is 133 Å². The van der Waals surface area contributed by atoms with Crippen LogP contribution in [0.5, 0.6) is 5.75 Å². The fourth-order valence-corrected chi connectivity index (χ4v) is 1.98. The smallest absolute Gasteiger partial charge is 0.446 e. The Hall–Kier alpha value is -2.67. The molecule has 0 aromatic heterocycles. The third-order valence-electron chi connectivity index (χ3n) is 3.38. The number of hydrogen-bond acceptors (Lipinski definition) is 6. The topological polar surface area (TPSA) is 82.1 Å². The summed E-state index contributed by atoms with van der Waals surface area (Å²) in [5.74, 6) is -1.29. The second-order valence-corrected chi connectivity index (χ2v) is 5.08. The Morgan fingerprint density at radius 2 is 2.09 bits per heavy atom. The molecule has 0 N–H and O–H groups in total. The molecule has 23 heavy (non-hydrogen) atoms. The van der Waals surface area contributed by atoms with Crippen molar-refractivity contribution < 1.29 is 28.7 Å². The van der Waals surface area contributed by atoms with E-state index in [1.54, 1.807) is 30.3 Å². The van der Waals surface area contributed by atoms with Gasteiger partial charge in [0, 0.05) is 0 Å². The lowest BCUT2D eigenvalue weighted by Crippen LogP contribution is -2.54. The fraction of sp³-hybridized carbons (Fsp3) is 0.312. The Kier molecular flexibility index (Phi) is 5.13. The van der Waals surface area contributed by atoms with E-state index in [1.807, 2.05) is 0 Å². The zero-order valence-corrected chi connectivity index (χ0v) is 12.7. The van der Waals surface area contributed by atoms with Crippen molar-refractivity contribution in [1.82, 2.24) is 5.06 Å². The molecule has 2 rings (SSSR count). The summed E-state index contributed by atoms with van der Waals surface area (Å²) in [4.78, 5) is 41.7. The van der Waals surface area contributed by atoms with Crippen LogP contribution in [0.1, 0.15) is 13.3 Å². The van der Waals surface area contributed by atoms with E-state index in [1.165, 1.54) is 13.0 Å². The molecular formula is C16H17NO6. The molecule has 1 aromatic carbocycles. The van der Waals surface area contributed by atoms with Gasteiger partial charge in [0.2, 0.25) is 0 Å². The maximum Gasteiger partial charge on any atom is 0.446 e. The summed E-state index contributed by atoms with van der Waals surface area (Å²) in [6.45, 7) is 4.84. The van der Waals surface area contributed by atoms with E-state index < -0.39 is 23.4 Å². The van der Waals surface area contributed by atoms with Gasteiger partial charge in [0.1, 0.15) is 17.8 Å². The first kappa shape index (κ1) is 16.7. The number of ether oxygens (including phenoxy) is 2. The highest BCUT2D eigenvalue weighted by molar-refractivity contribution is 6.07. The lowest BCUT2D eigenvalue weighted by atomic mass is 9.85. The molecule has 122 valence electrons. The standard InChI is InChI=1S/C16H17NO6/c1-3-10-21-14(19)16(2)9-11-22-17(13(16)18)15(20)23-12-7-5-4-6-8-12/h3-8H,1,9-11H2,2H3. The van der Waals surface area contributed by atoms with Crippen molar-refractivity contribution in [3.63, 3.8) is 0 Å². The Morgan fingerprint density at radius 3 is 2.74 bits per heavy atom. The Balaban J connectivity index is 2.11. The zero-order chi connectivity index (χ0) is 16.9. The third kappa shape index (κ3) is 3.57. The number of amides is 2. The number of imide groups is 1. The van der Waals surface area contributed by atoms with Gasteiger partial charge in [-0.2, -0.15) is 0 Å². The number of rotatable bonds is 4. The number of carbonyl (C=O) groups excluding carboxylic acids is 3. The van der Waals surface area contributed by atoms with Gasteiger partial charge in [0.25, 0.3) is 5.91 Å². The van der Waals surface area contributed by atoms with Crippen LogP contribution in [0.2, 0.25) is 0 Å². The maximum atomic E-state index is 12.5. The molecule has 1 aliphatic heterocycles. The molecule has 7 heteroatoms. The molecule has 1 aromatic rings. The van der Waals surface area contributed by atoms with E-state index in [4.69, 9.17) is 14.3 Å². The van der Waals surface area contributed by atoms with Gasteiger partial charge in [0.05, 0.1) is 6.61 Å². The second-order valence-electron chi connectivity index (χ2n) is 5.08. The van der Waals surface area contributed by atoms with Crippen LogP contribution in [0.25, 0.3) is 0 Å². The number of esters is 1. The van der Waals surface area contributed by atoms with Crippen LogP contribution in [-0.2, 0) is 19.2 Å². The number of hydroxylamine groups is 2. The van der Waals surface area contributed by atoms with Gasteiger partial charge in [-0.15, -0.1) is 5.06 Å². The van der Waals surface area contributed by atoms with E-state index in [2.05, 4.69) is 6.58 Å². The molecule has 2 amide bonds. The fourth-order valence-electron chi connectivity index (χ4n) is 1.98. The van der Waals surface area contributed by atoms with Crippen molar-refractivity contribution in [1.29, 1.82) is 0 Å². The van der Waals surface area contributed by atoms with E-state index in [-0.39, 0.29) is 25.4 Å². The normalized spacial score (nSPS) is 20.7. The highest BCUT2D eigenvalue weighted by Crippen LogP contribution is 2.31. The van der Waals surface area contributed by atoms with Crippen molar-refractivity contribution in [2.45, 2.75) is 13.3 Å². The lowest BCUT2D eigenvalue weighted by molar-refractivity contribution is -0.206. The first-order valence-electron chi connectivity index (χ1n) is 7.01. The minimum absolute atomic E-state index is 0.00925. The van der Waals surface area contributed by atoms with Crippen LogP contribution in [0, 0.1) is 5.41 Å².